The zero-order chi connectivity index (χ0) is 4.41. The van der Waals surface area contributed by atoms with E-state index in [1.807, 2.05) is 0 Å². The standard InChI is InChI=1S/C3H6N2O/c4-3-5-1-2-6-3/h1-3,5H,4H2. The average Bonchev–Trinajstić information content (AvgIpc) is 1.86. The van der Waals surface area contributed by atoms with Gasteiger partial charge in [0.25, 0.3) is 0 Å². The molecule has 0 amide bonds. The number of nitrogens with one attached hydrogen (secondary N) is 1. The van der Waals surface area contributed by atoms with E-state index in [0.29, 0.717) is 0 Å². The van der Waals surface area contributed by atoms with Crippen LogP contribution in [0.2, 0.25) is 0 Å². The normalized spacial score (nSPS) is 29.2. The predicted octanol–water partition coefficient (Wildman–Crippen LogP) is -0.680. The van der Waals surface area contributed by atoms with E-state index in [1.54, 1.807) is 6.20 Å². The Kier molecular flexibility index (Phi) is 0.686. The van der Waals surface area contributed by atoms with Crippen LogP contribution < -0.4 is 11.1 Å². The third-order valence-corrected chi connectivity index (χ3v) is 0.554. The molecule has 1 heterocycles. The van der Waals surface area contributed by atoms with Crippen molar-refractivity contribution in [3.05, 3.63) is 12.5 Å². The molecule has 0 radical (unpaired) electrons. The molecule has 0 spiro atoms. The maximum absolute atomic E-state index is 5.14. The van der Waals surface area contributed by atoms with Crippen molar-refractivity contribution < 1.29 is 4.74 Å². The van der Waals surface area contributed by atoms with Crippen LogP contribution in [0.15, 0.2) is 12.5 Å². The summed E-state index contributed by atoms with van der Waals surface area (Å²) in [6, 6.07) is 0. The van der Waals surface area contributed by atoms with Crippen LogP contribution in [0.25, 0.3) is 0 Å². The lowest BCUT2D eigenvalue weighted by molar-refractivity contribution is 0.159. The lowest BCUT2D eigenvalue weighted by Gasteiger charge is -1.99. The number of ether oxygens (including phenoxy) is 1. The zero-order valence-corrected chi connectivity index (χ0v) is 3.22. The van der Waals surface area contributed by atoms with Crippen LogP contribution in [0.4, 0.5) is 0 Å². The van der Waals surface area contributed by atoms with Crippen molar-refractivity contribution in [1.29, 1.82) is 0 Å². The predicted molar refractivity (Wildman–Crippen MR) is 21.3 cm³/mol. The smallest absolute Gasteiger partial charge is 0.224 e. The Morgan fingerprint density at radius 3 is 2.83 bits per heavy atom. The first-order valence-electron chi connectivity index (χ1n) is 1.72. The van der Waals surface area contributed by atoms with Crippen LogP contribution in [-0.4, -0.2) is 6.35 Å². The van der Waals surface area contributed by atoms with E-state index in [2.05, 4.69) is 10.1 Å². The summed E-state index contributed by atoms with van der Waals surface area (Å²) in [5.41, 5.74) is 5.14. The Hall–Kier alpha value is -0.700. The van der Waals surface area contributed by atoms with Crippen molar-refractivity contribution in [2.75, 3.05) is 0 Å². The monoisotopic (exact) mass is 86.0 g/mol. The van der Waals surface area contributed by atoms with Gasteiger partial charge in [0.15, 0.2) is 0 Å². The summed E-state index contributed by atoms with van der Waals surface area (Å²) in [5.74, 6) is 0. The molecule has 0 saturated carbocycles. The lowest BCUT2D eigenvalue weighted by atomic mass is 10.9. The van der Waals surface area contributed by atoms with Crippen LogP contribution in [-0.2, 0) is 4.74 Å². The maximum Gasteiger partial charge on any atom is 0.224 e. The summed E-state index contributed by atoms with van der Waals surface area (Å²) in [6.07, 6.45) is 2.86. The van der Waals surface area contributed by atoms with Crippen LogP contribution in [0.1, 0.15) is 0 Å². The highest BCUT2D eigenvalue weighted by molar-refractivity contribution is 4.77. The van der Waals surface area contributed by atoms with Crippen molar-refractivity contribution in [3.63, 3.8) is 0 Å². The molecule has 6 heavy (non-hydrogen) atoms. The molecule has 1 aliphatic rings. The van der Waals surface area contributed by atoms with Crippen molar-refractivity contribution in [1.82, 2.24) is 5.32 Å². The Labute approximate surface area is 35.8 Å². The Bertz CT molecular complexity index is 63.2. The minimum absolute atomic E-state index is 0.315. The van der Waals surface area contributed by atoms with Crippen LogP contribution >= 0.6 is 0 Å². The molecule has 3 nitrogen and oxygen atoms in total. The molecule has 1 rings (SSSR count). The van der Waals surface area contributed by atoms with Crippen molar-refractivity contribution in [2.45, 2.75) is 6.35 Å². The van der Waals surface area contributed by atoms with Gasteiger partial charge in [-0.1, -0.05) is 0 Å². The summed E-state index contributed by atoms with van der Waals surface area (Å²) in [6.45, 7) is 0. The van der Waals surface area contributed by atoms with Gasteiger partial charge in [0.05, 0.1) is 0 Å². The van der Waals surface area contributed by atoms with E-state index >= 15 is 0 Å². The molecule has 0 aromatic rings. The first kappa shape index (κ1) is 3.49. The van der Waals surface area contributed by atoms with Crippen LogP contribution in [0.5, 0.6) is 0 Å². The fraction of sp³-hybridized carbons (Fsp3) is 0.333. The number of hydrogen-bond donors (Lipinski definition) is 2. The van der Waals surface area contributed by atoms with E-state index in [4.69, 9.17) is 5.73 Å². The summed E-state index contributed by atoms with van der Waals surface area (Å²) >= 11 is 0. The highest BCUT2D eigenvalue weighted by Gasteiger charge is 1.97. The lowest BCUT2D eigenvalue weighted by Crippen LogP contribution is -2.30. The number of nitrogens with two attached hydrogens (primary N) is 1. The first-order valence-corrected chi connectivity index (χ1v) is 1.72. The van der Waals surface area contributed by atoms with Gasteiger partial charge in [-0.2, -0.15) is 0 Å². The van der Waals surface area contributed by atoms with E-state index in [-0.39, 0.29) is 6.35 Å². The zero-order valence-electron chi connectivity index (χ0n) is 3.22. The molecule has 3 heteroatoms. The molecule has 0 saturated heterocycles. The molecule has 0 aromatic heterocycles. The second-order valence-electron chi connectivity index (χ2n) is 1.03. The molecule has 1 atom stereocenters. The second kappa shape index (κ2) is 1.18. The topological polar surface area (TPSA) is 47.3 Å². The minimum Gasteiger partial charge on any atom is -0.464 e. The fourth-order valence-electron chi connectivity index (χ4n) is 0.297. The molecule has 0 bridgehead atoms. The third kappa shape index (κ3) is 0.440. The first-order chi connectivity index (χ1) is 2.89. The molecule has 1 unspecified atom stereocenters. The van der Waals surface area contributed by atoms with Crippen molar-refractivity contribution in [3.8, 4) is 0 Å². The molecule has 3 N–H and O–H groups in total. The summed E-state index contributed by atoms with van der Waals surface area (Å²) in [4.78, 5) is 0. The van der Waals surface area contributed by atoms with Gasteiger partial charge in [-0.15, -0.1) is 0 Å². The summed E-state index contributed by atoms with van der Waals surface area (Å²) in [5, 5.41) is 2.69. The molecule has 0 aliphatic carbocycles. The van der Waals surface area contributed by atoms with Gasteiger partial charge in [-0.25, -0.2) is 0 Å². The molecule has 0 aromatic carbocycles. The highest BCUT2D eigenvalue weighted by Crippen LogP contribution is 1.85. The van der Waals surface area contributed by atoms with E-state index in [0.717, 1.165) is 0 Å². The molecule has 0 fully saturated rings. The number of rotatable bonds is 0. The van der Waals surface area contributed by atoms with Crippen molar-refractivity contribution >= 4 is 0 Å². The Morgan fingerprint density at radius 1 is 1.83 bits per heavy atom. The van der Waals surface area contributed by atoms with Gasteiger partial charge >= 0.3 is 0 Å². The Morgan fingerprint density at radius 2 is 2.67 bits per heavy atom. The van der Waals surface area contributed by atoms with Crippen LogP contribution in [0, 0.1) is 0 Å². The van der Waals surface area contributed by atoms with E-state index in [1.165, 1.54) is 6.26 Å². The molecule has 34 valence electrons. The Balaban J connectivity index is 2.32. The highest BCUT2D eigenvalue weighted by atomic mass is 16.5. The SMILES string of the molecule is NC1NC=CO1. The maximum atomic E-state index is 5.14. The largest absolute Gasteiger partial charge is 0.464 e. The van der Waals surface area contributed by atoms with Gasteiger partial charge in [0.1, 0.15) is 6.26 Å². The molecule has 1 aliphatic heterocycles. The molecular weight excluding hydrogens is 80.0 g/mol. The quantitative estimate of drug-likeness (QED) is 0.410. The van der Waals surface area contributed by atoms with Gasteiger partial charge in [-0.05, 0) is 0 Å². The van der Waals surface area contributed by atoms with Gasteiger partial charge in [0.2, 0.25) is 6.35 Å². The van der Waals surface area contributed by atoms with Gasteiger partial charge < -0.3 is 10.1 Å². The van der Waals surface area contributed by atoms with Crippen molar-refractivity contribution in [2.24, 2.45) is 5.73 Å². The summed E-state index contributed by atoms with van der Waals surface area (Å²) < 4.78 is 4.64. The fourth-order valence-corrected chi connectivity index (χ4v) is 0.297. The third-order valence-electron chi connectivity index (χ3n) is 0.554. The average molecular weight is 86.1 g/mol. The van der Waals surface area contributed by atoms with E-state index < -0.39 is 0 Å². The van der Waals surface area contributed by atoms with Gasteiger partial charge in [-0.3, -0.25) is 5.73 Å². The van der Waals surface area contributed by atoms with Gasteiger partial charge in [0, 0.05) is 6.20 Å². The van der Waals surface area contributed by atoms with E-state index in [9.17, 15) is 0 Å². The number of hydrogen-bond acceptors (Lipinski definition) is 3. The summed E-state index contributed by atoms with van der Waals surface area (Å²) in [7, 11) is 0. The minimum atomic E-state index is -0.315. The molecular formula is C3H6N2O. The van der Waals surface area contributed by atoms with Crippen LogP contribution in [0.3, 0.4) is 0 Å². The second-order valence-corrected chi connectivity index (χ2v) is 1.03.